The van der Waals surface area contributed by atoms with Gasteiger partial charge in [0.05, 0.1) is 39.7 Å². The first-order chi connectivity index (χ1) is 25.2. The summed E-state index contributed by atoms with van der Waals surface area (Å²) in [5.41, 5.74) is 8.12. The van der Waals surface area contributed by atoms with E-state index in [9.17, 15) is 5.11 Å². The highest BCUT2D eigenvalue weighted by Gasteiger charge is 2.29. The minimum Gasteiger partial charge on any atom is -0.382 e. The van der Waals surface area contributed by atoms with Crippen molar-refractivity contribution < 1.29 is 5.11 Å². The monoisotopic (exact) mass is 730 g/mol. The molecule has 0 radical (unpaired) electrons. The Morgan fingerprint density at radius 1 is 0.630 bits per heavy atom. The Hall–Kier alpha value is -4.58. The molecule has 0 saturated heterocycles. The number of hydrogen-bond donors (Lipinski definition) is 1. The Morgan fingerprint density at radius 3 is 1.74 bits per heavy atom. The smallest absolute Gasteiger partial charge is 0.123 e. The van der Waals surface area contributed by atoms with Crippen molar-refractivity contribution in [1.29, 1.82) is 0 Å². The molecule has 11 nitrogen and oxygen atoms in total. The molecule has 2 aliphatic carbocycles. The van der Waals surface area contributed by atoms with Gasteiger partial charge in [-0.2, -0.15) is 0 Å². The second-order valence-corrected chi connectivity index (χ2v) is 14.6. The van der Waals surface area contributed by atoms with Crippen LogP contribution >= 0.6 is 0 Å². The number of hydrogen-bond acceptors (Lipinski definition) is 9. The van der Waals surface area contributed by atoms with Crippen LogP contribution in [0, 0.1) is 0 Å². The number of nitrogens with zero attached hydrogens (tertiary/aromatic N) is 10. The molecule has 286 valence electrons. The van der Waals surface area contributed by atoms with Crippen LogP contribution in [-0.4, -0.2) is 92.2 Å². The number of aliphatic hydroxyl groups excluding tert-OH is 1. The number of rotatable bonds is 6. The van der Waals surface area contributed by atoms with Crippen LogP contribution in [0.5, 0.6) is 0 Å². The number of aliphatic hydroxyl groups is 1. The lowest BCUT2D eigenvalue weighted by Gasteiger charge is -2.36. The van der Waals surface area contributed by atoms with E-state index in [2.05, 4.69) is 63.1 Å². The molecule has 0 amide bonds. The molecule has 2 fully saturated rings. The van der Waals surface area contributed by atoms with Crippen LogP contribution in [-0.2, 0) is 32.4 Å². The Bertz CT molecular complexity index is 2110. The molecule has 6 heterocycles. The molecule has 2 saturated carbocycles. The van der Waals surface area contributed by atoms with Crippen molar-refractivity contribution in [1.82, 2.24) is 48.8 Å². The van der Waals surface area contributed by atoms with E-state index in [-0.39, 0.29) is 22.3 Å². The molecule has 1 atom stereocenters. The van der Waals surface area contributed by atoms with Gasteiger partial charge in [-0.3, -0.25) is 29.7 Å². The van der Waals surface area contributed by atoms with E-state index in [0.29, 0.717) is 5.69 Å². The summed E-state index contributed by atoms with van der Waals surface area (Å²) in [6.07, 6.45) is 20.5. The first-order valence-corrected chi connectivity index (χ1v) is 18.8. The van der Waals surface area contributed by atoms with Gasteiger partial charge in [-0.25, -0.2) is 9.97 Å². The van der Waals surface area contributed by atoms with E-state index in [4.69, 9.17) is 9.97 Å². The van der Waals surface area contributed by atoms with Crippen molar-refractivity contribution in [2.75, 3.05) is 26.2 Å². The summed E-state index contributed by atoms with van der Waals surface area (Å²) in [7, 11) is 0. The van der Waals surface area contributed by atoms with E-state index in [1.165, 1.54) is 55.4 Å². The molecular weight excluding hydrogens is 673 g/mol. The van der Waals surface area contributed by atoms with Gasteiger partial charge in [0.1, 0.15) is 17.8 Å². The summed E-state index contributed by atoms with van der Waals surface area (Å²) >= 11 is 0. The summed E-state index contributed by atoms with van der Waals surface area (Å²) in [5.74, 6) is 2.40. The Morgan fingerprint density at radius 2 is 1.20 bits per heavy atom. The molecule has 10 rings (SSSR count). The van der Waals surface area contributed by atoms with Crippen molar-refractivity contribution in [3.05, 3.63) is 108 Å². The topological polar surface area (TPSA) is 114 Å². The number of fused-ring (bicyclic) bond motifs is 6. The molecule has 54 heavy (non-hydrogen) atoms. The Labute approximate surface area is 320 Å². The van der Waals surface area contributed by atoms with Crippen molar-refractivity contribution >= 4 is 22.1 Å². The normalized spacial score (nSPS) is 18.2. The summed E-state index contributed by atoms with van der Waals surface area (Å²) < 4.78 is 4.78. The molecule has 4 aromatic heterocycles. The van der Waals surface area contributed by atoms with Crippen molar-refractivity contribution in [2.45, 2.75) is 111 Å². The summed E-state index contributed by atoms with van der Waals surface area (Å²) in [4.78, 5) is 31.9. The number of aromatic nitrogens is 8. The van der Waals surface area contributed by atoms with Crippen LogP contribution in [0.15, 0.2) is 73.6 Å². The molecule has 2 aliphatic heterocycles. The Balaban J connectivity index is 0.000000175. The van der Waals surface area contributed by atoms with Crippen LogP contribution in [0.4, 0.5) is 0 Å². The summed E-state index contributed by atoms with van der Waals surface area (Å²) in [6.45, 7) is 6.57. The van der Waals surface area contributed by atoms with Gasteiger partial charge in [-0.15, -0.1) is 0 Å². The zero-order valence-corrected chi connectivity index (χ0v) is 29.2. The second kappa shape index (κ2) is 17.3. The predicted octanol–water partition coefficient (Wildman–Crippen LogP) is 7.05. The van der Waals surface area contributed by atoms with E-state index >= 15 is 0 Å². The highest BCUT2D eigenvalue weighted by atomic mass is 16.3. The standard InChI is InChI=1S/C20H23N5O.C20H23N5.3CH4/c26-20(17-13-21-7-8-22-17)14-4-5-18-16(12-14)23-19-6-9-24(10-11-25(18)19)15-2-1-3-15;1-2-17(3-1)24-9-6-20-23-18-13-15(12-16-14-21-7-8-22-16)4-5-19(18)25(20)11-10-24;;;/h4-5,7-8,12-13,15,20,26H,1-3,6,9-11H2;4-5,7-8,13-14,17H,1-3,6,9-12H2;3*1H4. The lowest BCUT2D eigenvalue weighted by Crippen LogP contribution is -2.41. The molecule has 6 aromatic rings. The Kier molecular flexibility index (Phi) is 12.5. The fourth-order valence-electron chi connectivity index (χ4n) is 8.24. The van der Waals surface area contributed by atoms with Gasteiger partial charge in [0.15, 0.2) is 0 Å². The van der Waals surface area contributed by atoms with Crippen LogP contribution < -0.4 is 0 Å². The first kappa shape index (κ1) is 39.1. The molecule has 11 heteroatoms. The zero-order chi connectivity index (χ0) is 34.1. The molecular formula is C43H58N10O. The third-order valence-corrected chi connectivity index (χ3v) is 11.6. The van der Waals surface area contributed by atoms with Crippen molar-refractivity contribution in [2.24, 2.45) is 0 Å². The van der Waals surface area contributed by atoms with Crippen LogP contribution in [0.3, 0.4) is 0 Å². The highest BCUT2D eigenvalue weighted by Crippen LogP contribution is 2.30. The van der Waals surface area contributed by atoms with E-state index in [1.54, 1.807) is 31.0 Å². The molecule has 0 spiro atoms. The van der Waals surface area contributed by atoms with Crippen LogP contribution in [0.2, 0.25) is 0 Å². The fourth-order valence-corrected chi connectivity index (χ4v) is 8.24. The lowest BCUT2D eigenvalue weighted by molar-refractivity contribution is 0.130. The average molecular weight is 731 g/mol. The fraction of sp³-hybridized carbons (Fsp3) is 0.488. The van der Waals surface area contributed by atoms with E-state index < -0.39 is 6.10 Å². The molecule has 1 N–H and O–H groups in total. The van der Waals surface area contributed by atoms with Gasteiger partial charge in [0, 0.05) is 102 Å². The van der Waals surface area contributed by atoms with Gasteiger partial charge >= 0.3 is 0 Å². The number of imidazole rings is 2. The summed E-state index contributed by atoms with van der Waals surface area (Å²) in [5, 5.41) is 10.6. The van der Waals surface area contributed by atoms with Gasteiger partial charge in [0.2, 0.25) is 0 Å². The maximum absolute atomic E-state index is 10.6. The molecule has 4 aliphatic rings. The lowest BCUT2D eigenvalue weighted by atomic mass is 9.91. The third kappa shape index (κ3) is 7.94. The molecule has 1 unspecified atom stereocenters. The largest absolute Gasteiger partial charge is 0.382 e. The molecule has 0 bridgehead atoms. The minimum absolute atomic E-state index is 0. The van der Waals surface area contributed by atoms with Gasteiger partial charge in [-0.05, 0) is 61.1 Å². The summed E-state index contributed by atoms with van der Waals surface area (Å²) in [6, 6.07) is 14.3. The van der Waals surface area contributed by atoms with Crippen LogP contribution in [0.25, 0.3) is 22.1 Å². The SMILES string of the molecule is C.C.C.OC(c1ccc2c(c1)nc1n2CCN(C2CCC2)CC1)c1cnccn1.c1cnc(Cc2ccc3c(c2)nc2n3CCN(C3CCC3)CC2)cn1. The first-order valence-electron chi connectivity index (χ1n) is 18.8. The maximum Gasteiger partial charge on any atom is 0.123 e. The van der Waals surface area contributed by atoms with E-state index in [1.807, 2.05) is 18.3 Å². The zero-order valence-electron chi connectivity index (χ0n) is 29.2. The van der Waals surface area contributed by atoms with E-state index in [0.717, 1.165) is 104 Å². The van der Waals surface area contributed by atoms with Gasteiger partial charge in [-0.1, -0.05) is 47.3 Å². The number of benzene rings is 2. The van der Waals surface area contributed by atoms with Gasteiger partial charge in [0.25, 0.3) is 0 Å². The maximum atomic E-state index is 10.6. The predicted molar refractivity (Wildman–Crippen MR) is 216 cm³/mol. The molecule has 2 aromatic carbocycles. The minimum atomic E-state index is -0.774. The highest BCUT2D eigenvalue weighted by molar-refractivity contribution is 5.78. The van der Waals surface area contributed by atoms with Crippen molar-refractivity contribution in [3.8, 4) is 0 Å². The average Bonchev–Trinajstić information content (AvgIpc) is 3.48. The second-order valence-electron chi connectivity index (χ2n) is 14.6. The quantitative estimate of drug-likeness (QED) is 0.193. The third-order valence-electron chi connectivity index (χ3n) is 11.6. The van der Waals surface area contributed by atoms with Crippen LogP contribution in [0.1, 0.15) is 101 Å². The van der Waals surface area contributed by atoms with Gasteiger partial charge < -0.3 is 14.2 Å². The van der Waals surface area contributed by atoms with Crippen molar-refractivity contribution in [3.63, 3.8) is 0 Å².